The van der Waals surface area contributed by atoms with Crippen LogP contribution in [0.3, 0.4) is 0 Å². The van der Waals surface area contributed by atoms with Crippen molar-refractivity contribution in [1.82, 2.24) is 0 Å². The zero-order valence-electron chi connectivity index (χ0n) is 9.13. The van der Waals surface area contributed by atoms with Crippen LogP contribution in [0.4, 0.5) is 0 Å². The molecule has 0 aliphatic rings. The number of halogens is 2. The van der Waals surface area contributed by atoms with E-state index in [4.69, 9.17) is 27.9 Å². The summed E-state index contributed by atoms with van der Waals surface area (Å²) in [6, 6.07) is 5.28. The lowest BCUT2D eigenvalue weighted by Gasteiger charge is -2.05. The van der Waals surface area contributed by atoms with Crippen LogP contribution in [0, 0.1) is 0 Å². The summed E-state index contributed by atoms with van der Waals surface area (Å²) >= 11 is 11.8. The summed E-state index contributed by atoms with van der Waals surface area (Å²) in [6.45, 7) is 2.74. The Morgan fingerprint density at radius 2 is 2.12 bits per heavy atom. The van der Waals surface area contributed by atoms with Gasteiger partial charge < -0.3 is 4.74 Å². The first-order valence-electron chi connectivity index (χ1n) is 5.17. The van der Waals surface area contributed by atoms with Gasteiger partial charge in [-0.15, -0.1) is 0 Å². The fourth-order valence-electron chi connectivity index (χ4n) is 1.28. The van der Waals surface area contributed by atoms with E-state index in [-0.39, 0.29) is 18.8 Å². The third-order valence-electron chi connectivity index (χ3n) is 2.03. The highest BCUT2D eigenvalue weighted by atomic mass is 35.5. The Kier molecular flexibility index (Phi) is 5.81. The molecule has 0 amide bonds. The maximum Gasteiger partial charge on any atom is 0.162 e. The Balaban J connectivity index is 2.53. The number of benzene rings is 1. The predicted octanol–water partition coefficient (Wildman–Crippen LogP) is 3.53. The molecular weight excluding hydrogens is 247 g/mol. The van der Waals surface area contributed by atoms with Crippen molar-refractivity contribution in [3.05, 3.63) is 33.8 Å². The van der Waals surface area contributed by atoms with E-state index in [1.807, 2.05) is 6.92 Å². The molecule has 0 saturated carbocycles. The highest BCUT2D eigenvalue weighted by molar-refractivity contribution is 6.42. The standard InChI is InChI=1S/C12H14Cl2O2/c1-2-6-16-8-10(15)7-9-4-3-5-11(13)12(9)14/h3-5H,2,6-8H2,1H3. The molecule has 0 unspecified atom stereocenters. The second-order valence-electron chi connectivity index (χ2n) is 3.48. The van der Waals surface area contributed by atoms with E-state index < -0.39 is 0 Å². The van der Waals surface area contributed by atoms with Gasteiger partial charge in [0.25, 0.3) is 0 Å². The highest BCUT2D eigenvalue weighted by Crippen LogP contribution is 2.25. The topological polar surface area (TPSA) is 26.3 Å². The van der Waals surface area contributed by atoms with Crippen LogP contribution in [0.2, 0.25) is 10.0 Å². The average Bonchev–Trinajstić information content (AvgIpc) is 2.25. The molecule has 0 N–H and O–H groups in total. The van der Waals surface area contributed by atoms with E-state index in [1.54, 1.807) is 18.2 Å². The van der Waals surface area contributed by atoms with Crippen molar-refractivity contribution < 1.29 is 9.53 Å². The van der Waals surface area contributed by atoms with E-state index in [1.165, 1.54) is 0 Å². The van der Waals surface area contributed by atoms with Crippen molar-refractivity contribution in [3.63, 3.8) is 0 Å². The molecule has 2 nitrogen and oxygen atoms in total. The van der Waals surface area contributed by atoms with Crippen LogP contribution in [0.25, 0.3) is 0 Å². The number of Topliss-reactive ketones (excluding diaryl/α,β-unsaturated/α-hetero) is 1. The van der Waals surface area contributed by atoms with Crippen molar-refractivity contribution in [2.75, 3.05) is 13.2 Å². The van der Waals surface area contributed by atoms with Gasteiger partial charge in [0.1, 0.15) is 6.61 Å². The molecule has 1 aromatic rings. The van der Waals surface area contributed by atoms with Gasteiger partial charge in [-0.1, -0.05) is 42.3 Å². The van der Waals surface area contributed by atoms with Gasteiger partial charge in [-0.2, -0.15) is 0 Å². The molecule has 0 bridgehead atoms. The van der Waals surface area contributed by atoms with Crippen LogP contribution in [0.1, 0.15) is 18.9 Å². The fourth-order valence-corrected chi connectivity index (χ4v) is 1.67. The van der Waals surface area contributed by atoms with Gasteiger partial charge in [0.2, 0.25) is 0 Å². The smallest absolute Gasteiger partial charge is 0.162 e. The quantitative estimate of drug-likeness (QED) is 0.732. The Bertz CT molecular complexity index is 364. The van der Waals surface area contributed by atoms with Gasteiger partial charge >= 0.3 is 0 Å². The van der Waals surface area contributed by atoms with Crippen molar-refractivity contribution in [2.45, 2.75) is 19.8 Å². The Labute approximate surface area is 106 Å². The molecule has 1 rings (SSSR count). The van der Waals surface area contributed by atoms with Crippen LogP contribution in [-0.4, -0.2) is 19.0 Å². The molecule has 0 aromatic heterocycles. The van der Waals surface area contributed by atoms with Crippen LogP contribution >= 0.6 is 23.2 Å². The first kappa shape index (κ1) is 13.5. The molecule has 0 aliphatic heterocycles. The summed E-state index contributed by atoms with van der Waals surface area (Å²) < 4.78 is 5.16. The molecule has 4 heteroatoms. The number of hydrogen-bond donors (Lipinski definition) is 0. The number of ether oxygens (including phenoxy) is 1. The molecule has 0 saturated heterocycles. The SMILES string of the molecule is CCCOCC(=O)Cc1cccc(Cl)c1Cl. The van der Waals surface area contributed by atoms with Crippen molar-refractivity contribution in [1.29, 1.82) is 0 Å². The lowest BCUT2D eigenvalue weighted by Crippen LogP contribution is -2.12. The second-order valence-corrected chi connectivity index (χ2v) is 4.27. The molecule has 16 heavy (non-hydrogen) atoms. The van der Waals surface area contributed by atoms with Crippen LogP contribution in [-0.2, 0) is 16.0 Å². The van der Waals surface area contributed by atoms with Crippen LogP contribution in [0.5, 0.6) is 0 Å². The summed E-state index contributed by atoms with van der Waals surface area (Å²) in [5.41, 5.74) is 0.749. The molecule has 0 spiro atoms. The van der Waals surface area contributed by atoms with Crippen molar-refractivity contribution in [3.8, 4) is 0 Å². The minimum absolute atomic E-state index is 0.0117. The van der Waals surface area contributed by atoms with Gasteiger partial charge in [0.05, 0.1) is 10.0 Å². The second kappa shape index (κ2) is 6.89. The first-order chi connectivity index (χ1) is 7.65. The lowest BCUT2D eigenvalue weighted by atomic mass is 10.1. The minimum Gasteiger partial charge on any atom is -0.374 e. The third kappa shape index (κ3) is 4.12. The summed E-state index contributed by atoms with van der Waals surface area (Å²) in [5, 5.41) is 0.925. The minimum atomic E-state index is 0.0117. The molecular formula is C12H14Cl2O2. The number of carbonyl (C=O) groups is 1. The number of ketones is 1. The number of rotatable bonds is 6. The van der Waals surface area contributed by atoms with Gasteiger partial charge in [0.15, 0.2) is 5.78 Å². The summed E-state index contributed by atoms with van der Waals surface area (Å²) in [6.07, 6.45) is 1.17. The average molecular weight is 261 g/mol. The summed E-state index contributed by atoms with van der Waals surface area (Å²) in [4.78, 5) is 11.5. The Morgan fingerprint density at radius 3 is 2.81 bits per heavy atom. The van der Waals surface area contributed by atoms with E-state index in [2.05, 4.69) is 0 Å². The molecule has 0 fully saturated rings. The molecule has 0 atom stereocenters. The number of hydrogen-bond acceptors (Lipinski definition) is 2. The van der Waals surface area contributed by atoms with E-state index in [0.717, 1.165) is 12.0 Å². The van der Waals surface area contributed by atoms with Crippen molar-refractivity contribution in [2.24, 2.45) is 0 Å². The lowest BCUT2D eigenvalue weighted by molar-refractivity contribution is -0.122. The monoisotopic (exact) mass is 260 g/mol. The molecule has 0 aliphatic carbocycles. The Hall–Kier alpha value is -0.570. The third-order valence-corrected chi connectivity index (χ3v) is 2.89. The van der Waals surface area contributed by atoms with Crippen LogP contribution in [0.15, 0.2) is 18.2 Å². The first-order valence-corrected chi connectivity index (χ1v) is 5.93. The highest BCUT2D eigenvalue weighted by Gasteiger charge is 2.09. The van der Waals surface area contributed by atoms with Gasteiger partial charge in [-0.05, 0) is 18.1 Å². The number of carbonyl (C=O) groups excluding carboxylic acids is 1. The maximum absolute atomic E-state index is 11.5. The van der Waals surface area contributed by atoms with Crippen molar-refractivity contribution >= 4 is 29.0 Å². The largest absolute Gasteiger partial charge is 0.374 e. The summed E-state index contributed by atoms with van der Waals surface area (Å²) in [7, 11) is 0. The zero-order chi connectivity index (χ0) is 12.0. The molecule has 1 aromatic carbocycles. The zero-order valence-corrected chi connectivity index (χ0v) is 10.6. The summed E-state index contributed by atoms with van der Waals surface area (Å²) in [5.74, 6) is 0.0117. The predicted molar refractivity (Wildman–Crippen MR) is 66.3 cm³/mol. The molecule has 0 heterocycles. The normalized spacial score (nSPS) is 10.4. The van der Waals surface area contributed by atoms with E-state index in [9.17, 15) is 4.79 Å². The molecule has 88 valence electrons. The van der Waals surface area contributed by atoms with Gasteiger partial charge in [-0.3, -0.25) is 4.79 Å². The van der Waals surface area contributed by atoms with E-state index >= 15 is 0 Å². The van der Waals surface area contributed by atoms with Crippen LogP contribution < -0.4 is 0 Å². The van der Waals surface area contributed by atoms with Gasteiger partial charge in [-0.25, -0.2) is 0 Å². The Morgan fingerprint density at radius 1 is 1.38 bits per heavy atom. The fraction of sp³-hybridized carbons (Fsp3) is 0.417. The maximum atomic E-state index is 11.5. The van der Waals surface area contributed by atoms with E-state index in [0.29, 0.717) is 16.7 Å². The van der Waals surface area contributed by atoms with Gasteiger partial charge in [0, 0.05) is 13.0 Å². The molecule has 0 radical (unpaired) electrons.